The summed E-state index contributed by atoms with van der Waals surface area (Å²) in [7, 11) is 0. The van der Waals surface area contributed by atoms with Crippen molar-refractivity contribution in [1.29, 1.82) is 0 Å². The van der Waals surface area contributed by atoms with Crippen molar-refractivity contribution in [3.05, 3.63) is 75.3 Å². The first-order valence-electron chi connectivity index (χ1n) is 10.4. The third kappa shape index (κ3) is 4.06. The molecule has 2 heterocycles. The van der Waals surface area contributed by atoms with Crippen molar-refractivity contribution >= 4 is 27.8 Å². The molecule has 0 unspecified atom stereocenters. The van der Waals surface area contributed by atoms with Crippen LogP contribution >= 0.6 is 0 Å². The van der Waals surface area contributed by atoms with E-state index in [-0.39, 0.29) is 11.5 Å². The zero-order chi connectivity index (χ0) is 22.1. The van der Waals surface area contributed by atoms with Crippen molar-refractivity contribution in [2.75, 3.05) is 6.54 Å². The number of fused-ring (bicyclic) bond motifs is 2. The third-order valence-electron chi connectivity index (χ3n) is 5.70. The van der Waals surface area contributed by atoms with Crippen LogP contribution < -0.4 is 15.7 Å². The molecule has 160 valence electrons. The number of H-pyrrole nitrogens is 1. The fourth-order valence-corrected chi connectivity index (χ4v) is 3.83. The van der Waals surface area contributed by atoms with Crippen molar-refractivity contribution < 1.29 is 13.9 Å². The van der Waals surface area contributed by atoms with Crippen LogP contribution in [0.1, 0.15) is 29.2 Å². The highest BCUT2D eigenvalue weighted by Crippen LogP contribution is 2.31. The quantitative estimate of drug-likeness (QED) is 0.457. The van der Waals surface area contributed by atoms with E-state index in [9.17, 15) is 9.59 Å². The van der Waals surface area contributed by atoms with Gasteiger partial charge in [-0.25, -0.2) is 4.79 Å². The molecular weight excluding hydrogens is 392 g/mol. The number of rotatable bonds is 6. The maximum Gasteiger partial charge on any atom is 0.339 e. The SMILES string of the molecule is Cc1cc(O[C@H](C)C(=O)NCCc2c[nH]c3ccccc23)c2c(C)c(C)c(=O)oc2c1. The van der Waals surface area contributed by atoms with Crippen LogP contribution in [0, 0.1) is 20.8 Å². The molecule has 4 aromatic rings. The Bertz CT molecular complexity index is 1330. The lowest BCUT2D eigenvalue weighted by Gasteiger charge is -2.18. The predicted octanol–water partition coefficient (Wildman–Crippen LogP) is 4.33. The predicted molar refractivity (Wildman–Crippen MR) is 122 cm³/mol. The third-order valence-corrected chi connectivity index (χ3v) is 5.70. The Kier molecular flexibility index (Phi) is 5.55. The highest BCUT2D eigenvalue weighted by atomic mass is 16.5. The molecule has 1 amide bonds. The van der Waals surface area contributed by atoms with Gasteiger partial charge in [-0.3, -0.25) is 4.79 Å². The normalized spacial score (nSPS) is 12.3. The van der Waals surface area contributed by atoms with Crippen LogP contribution in [0.2, 0.25) is 0 Å². The Labute approximate surface area is 180 Å². The topological polar surface area (TPSA) is 84.3 Å². The van der Waals surface area contributed by atoms with Crippen LogP contribution in [0.3, 0.4) is 0 Å². The molecule has 2 aromatic heterocycles. The standard InChI is InChI=1S/C25H26N2O4/c1-14-11-21(23-15(2)16(3)25(29)31-22(23)12-14)30-17(4)24(28)26-10-9-18-13-27-20-8-6-5-7-19(18)20/h5-8,11-13,17,27H,9-10H2,1-4H3,(H,26,28)/t17-/m1/s1. The molecule has 1 atom stereocenters. The summed E-state index contributed by atoms with van der Waals surface area (Å²) in [6, 6.07) is 11.8. The van der Waals surface area contributed by atoms with Gasteiger partial charge in [0.1, 0.15) is 11.3 Å². The fourth-order valence-electron chi connectivity index (χ4n) is 3.83. The Morgan fingerprint density at radius 2 is 1.94 bits per heavy atom. The number of aromatic amines is 1. The zero-order valence-corrected chi connectivity index (χ0v) is 18.2. The lowest BCUT2D eigenvalue weighted by molar-refractivity contribution is -0.127. The van der Waals surface area contributed by atoms with E-state index in [4.69, 9.17) is 9.15 Å². The highest BCUT2D eigenvalue weighted by molar-refractivity contribution is 5.89. The van der Waals surface area contributed by atoms with Gasteiger partial charge in [-0.05, 0) is 69.0 Å². The van der Waals surface area contributed by atoms with Crippen LogP contribution in [0.25, 0.3) is 21.9 Å². The van der Waals surface area contributed by atoms with Crippen LogP contribution in [0.4, 0.5) is 0 Å². The summed E-state index contributed by atoms with van der Waals surface area (Å²) in [5.74, 6) is 0.347. The molecule has 31 heavy (non-hydrogen) atoms. The maximum atomic E-state index is 12.6. The van der Waals surface area contributed by atoms with Gasteiger partial charge in [-0.15, -0.1) is 0 Å². The second kappa shape index (κ2) is 8.30. The van der Waals surface area contributed by atoms with Crippen LogP contribution in [0.5, 0.6) is 5.75 Å². The first kappa shape index (κ1) is 20.7. The Morgan fingerprint density at radius 3 is 2.74 bits per heavy atom. The van der Waals surface area contributed by atoms with Crippen LogP contribution in [-0.4, -0.2) is 23.5 Å². The number of hydrogen-bond donors (Lipinski definition) is 2. The summed E-state index contributed by atoms with van der Waals surface area (Å²) >= 11 is 0. The molecule has 0 aliphatic heterocycles. The molecule has 2 aromatic carbocycles. The molecule has 0 saturated heterocycles. The van der Waals surface area contributed by atoms with Crippen molar-refractivity contribution in [2.24, 2.45) is 0 Å². The molecule has 4 rings (SSSR count). The molecular formula is C25H26N2O4. The van der Waals surface area contributed by atoms with E-state index in [0.29, 0.717) is 23.4 Å². The molecule has 0 radical (unpaired) electrons. The number of para-hydroxylation sites is 1. The minimum Gasteiger partial charge on any atom is -0.480 e. The number of aryl methyl sites for hydroxylation is 2. The molecule has 0 aliphatic carbocycles. The van der Waals surface area contributed by atoms with E-state index in [1.54, 1.807) is 13.8 Å². The lowest BCUT2D eigenvalue weighted by Crippen LogP contribution is -2.37. The number of nitrogens with one attached hydrogen (secondary N) is 2. The number of hydrogen-bond acceptors (Lipinski definition) is 4. The van der Waals surface area contributed by atoms with Gasteiger partial charge in [-0.2, -0.15) is 0 Å². The minimum atomic E-state index is -0.695. The summed E-state index contributed by atoms with van der Waals surface area (Å²) in [4.78, 5) is 27.9. The number of carbonyl (C=O) groups excluding carboxylic acids is 1. The summed E-state index contributed by atoms with van der Waals surface area (Å²) in [6.07, 6.45) is 2.01. The number of benzene rings is 2. The molecule has 2 N–H and O–H groups in total. The molecule has 0 fully saturated rings. The van der Waals surface area contributed by atoms with E-state index in [2.05, 4.69) is 16.4 Å². The number of amides is 1. The van der Waals surface area contributed by atoms with Crippen molar-refractivity contribution in [1.82, 2.24) is 10.3 Å². The Balaban J connectivity index is 1.47. The Morgan fingerprint density at radius 1 is 1.16 bits per heavy atom. The molecule has 0 aliphatic rings. The second-order valence-electron chi connectivity index (χ2n) is 7.94. The molecule has 0 spiro atoms. The van der Waals surface area contributed by atoms with Gasteiger partial charge < -0.3 is 19.5 Å². The molecule has 0 bridgehead atoms. The van der Waals surface area contributed by atoms with Crippen molar-refractivity contribution in [2.45, 2.75) is 40.2 Å². The fraction of sp³-hybridized carbons (Fsp3) is 0.280. The summed E-state index contributed by atoms with van der Waals surface area (Å²) < 4.78 is 11.5. The summed E-state index contributed by atoms with van der Waals surface area (Å²) in [6.45, 7) is 7.72. The lowest BCUT2D eigenvalue weighted by atomic mass is 10.0. The van der Waals surface area contributed by atoms with Gasteiger partial charge in [0.2, 0.25) is 0 Å². The smallest absolute Gasteiger partial charge is 0.339 e. The van der Waals surface area contributed by atoms with Crippen LogP contribution in [-0.2, 0) is 11.2 Å². The first-order valence-corrected chi connectivity index (χ1v) is 10.4. The highest BCUT2D eigenvalue weighted by Gasteiger charge is 2.19. The average Bonchev–Trinajstić information content (AvgIpc) is 3.14. The minimum absolute atomic E-state index is 0.193. The first-order chi connectivity index (χ1) is 14.8. The van der Waals surface area contributed by atoms with E-state index >= 15 is 0 Å². The van der Waals surface area contributed by atoms with Crippen molar-refractivity contribution in [3.63, 3.8) is 0 Å². The van der Waals surface area contributed by atoms with E-state index < -0.39 is 6.10 Å². The van der Waals surface area contributed by atoms with E-state index in [0.717, 1.165) is 34.0 Å². The summed E-state index contributed by atoms with van der Waals surface area (Å²) in [5.41, 5.74) is 4.59. The summed E-state index contributed by atoms with van der Waals surface area (Å²) in [5, 5.41) is 4.84. The number of carbonyl (C=O) groups is 1. The zero-order valence-electron chi connectivity index (χ0n) is 18.2. The van der Waals surface area contributed by atoms with Gasteiger partial charge in [0.25, 0.3) is 5.91 Å². The monoisotopic (exact) mass is 418 g/mol. The van der Waals surface area contributed by atoms with Gasteiger partial charge in [0.15, 0.2) is 6.10 Å². The van der Waals surface area contributed by atoms with Crippen LogP contribution in [0.15, 0.2) is 51.8 Å². The van der Waals surface area contributed by atoms with Gasteiger partial charge in [-0.1, -0.05) is 18.2 Å². The van der Waals surface area contributed by atoms with Crippen molar-refractivity contribution in [3.8, 4) is 5.75 Å². The maximum absolute atomic E-state index is 12.6. The number of ether oxygens (including phenoxy) is 1. The molecule has 6 nitrogen and oxygen atoms in total. The largest absolute Gasteiger partial charge is 0.480 e. The number of aromatic nitrogens is 1. The second-order valence-corrected chi connectivity index (χ2v) is 7.94. The van der Waals surface area contributed by atoms with Gasteiger partial charge >= 0.3 is 5.63 Å². The molecule has 0 saturated carbocycles. The van der Waals surface area contributed by atoms with Gasteiger partial charge in [0, 0.05) is 29.2 Å². The van der Waals surface area contributed by atoms with E-state index in [1.807, 2.05) is 50.4 Å². The average molecular weight is 418 g/mol. The van der Waals surface area contributed by atoms with Gasteiger partial charge in [0.05, 0.1) is 5.39 Å². The Hall–Kier alpha value is -3.54. The molecule has 6 heteroatoms. The van der Waals surface area contributed by atoms with E-state index in [1.165, 1.54) is 5.39 Å².